The van der Waals surface area contributed by atoms with Gasteiger partial charge in [0.1, 0.15) is 5.01 Å². The first-order valence-corrected chi connectivity index (χ1v) is 10.2. The van der Waals surface area contributed by atoms with Gasteiger partial charge in [0.15, 0.2) is 0 Å². The van der Waals surface area contributed by atoms with Crippen molar-refractivity contribution in [1.82, 2.24) is 25.4 Å². The summed E-state index contributed by atoms with van der Waals surface area (Å²) >= 11 is 1.46. The minimum absolute atomic E-state index is 0.0366. The van der Waals surface area contributed by atoms with E-state index in [4.69, 9.17) is 5.73 Å². The third-order valence-electron chi connectivity index (χ3n) is 4.44. The zero-order chi connectivity index (χ0) is 20.9. The van der Waals surface area contributed by atoms with Crippen molar-refractivity contribution >= 4 is 33.4 Å². The number of aromatic nitrogens is 3. The number of hydrogen-bond donors (Lipinski definition) is 3. The summed E-state index contributed by atoms with van der Waals surface area (Å²) in [6.07, 6.45) is 3.73. The predicted octanol–water partition coefficient (Wildman–Crippen LogP) is 1.84. The molecule has 2 aromatic heterocycles. The summed E-state index contributed by atoms with van der Waals surface area (Å²) in [6.45, 7) is -0.0720. The lowest BCUT2D eigenvalue weighted by Gasteiger charge is -2.10. The SMILES string of the molecule is NCNC(=O)CNC(=O)Cc1nc2cc(-n3cccn3)c(-c3ccccc3)cc2s1. The second-order valence-corrected chi connectivity index (χ2v) is 7.63. The minimum atomic E-state index is -0.327. The number of benzene rings is 2. The normalized spacial score (nSPS) is 10.8. The summed E-state index contributed by atoms with van der Waals surface area (Å²) in [6, 6.07) is 16.0. The lowest BCUT2D eigenvalue weighted by atomic mass is 10.0. The van der Waals surface area contributed by atoms with Crippen LogP contribution >= 0.6 is 11.3 Å². The van der Waals surface area contributed by atoms with E-state index in [1.807, 2.05) is 41.2 Å². The summed E-state index contributed by atoms with van der Waals surface area (Å²) in [5, 5.41) is 10.1. The van der Waals surface area contributed by atoms with Crippen LogP contribution in [-0.4, -0.2) is 39.8 Å². The molecule has 4 N–H and O–H groups in total. The Bertz CT molecular complexity index is 1170. The first-order valence-electron chi connectivity index (χ1n) is 9.36. The number of fused-ring (bicyclic) bond motifs is 1. The van der Waals surface area contributed by atoms with E-state index in [1.165, 1.54) is 11.3 Å². The Morgan fingerprint density at radius 1 is 1.07 bits per heavy atom. The Hall–Kier alpha value is -3.56. The molecule has 0 aliphatic heterocycles. The Balaban J connectivity index is 1.63. The average Bonchev–Trinajstić information content (AvgIpc) is 3.41. The van der Waals surface area contributed by atoms with Gasteiger partial charge in [-0.05, 0) is 23.8 Å². The van der Waals surface area contributed by atoms with E-state index < -0.39 is 0 Å². The second-order valence-electron chi connectivity index (χ2n) is 6.52. The minimum Gasteiger partial charge on any atom is -0.347 e. The standard InChI is InChI=1S/C21H20N6O2S/c22-13-24-20(29)12-23-19(28)11-21-26-16-10-17(27-8-4-7-25-27)15(9-18(16)30-21)14-5-2-1-3-6-14/h1-10H,11-13,22H2,(H,23,28)(H,24,29). The van der Waals surface area contributed by atoms with Crippen LogP contribution in [0.1, 0.15) is 5.01 Å². The van der Waals surface area contributed by atoms with E-state index in [0.717, 1.165) is 27.0 Å². The van der Waals surface area contributed by atoms with Crippen molar-refractivity contribution < 1.29 is 9.59 Å². The van der Waals surface area contributed by atoms with Crippen LogP contribution in [0.4, 0.5) is 0 Å². The first-order chi connectivity index (χ1) is 14.6. The number of hydrogen-bond acceptors (Lipinski definition) is 6. The lowest BCUT2D eigenvalue weighted by molar-refractivity contribution is -0.125. The van der Waals surface area contributed by atoms with Crippen LogP contribution in [0.3, 0.4) is 0 Å². The molecular formula is C21H20N6O2S. The van der Waals surface area contributed by atoms with Gasteiger partial charge in [0.2, 0.25) is 11.8 Å². The van der Waals surface area contributed by atoms with Gasteiger partial charge in [-0.1, -0.05) is 30.3 Å². The Morgan fingerprint density at radius 2 is 1.90 bits per heavy atom. The number of nitrogens with zero attached hydrogens (tertiary/aromatic N) is 3. The Labute approximate surface area is 176 Å². The molecule has 9 heteroatoms. The zero-order valence-electron chi connectivity index (χ0n) is 16.0. The zero-order valence-corrected chi connectivity index (χ0v) is 16.9. The molecule has 4 aromatic rings. The van der Waals surface area contributed by atoms with Gasteiger partial charge in [-0.3, -0.25) is 9.59 Å². The van der Waals surface area contributed by atoms with Crippen molar-refractivity contribution in [3.63, 3.8) is 0 Å². The number of carbonyl (C=O) groups excluding carboxylic acids is 2. The van der Waals surface area contributed by atoms with Crippen LogP contribution in [0.2, 0.25) is 0 Å². The molecule has 0 aliphatic rings. The first kappa shape index (κ1) is 19.7. The average molecular weight is 420 g/mol. The summed E-state index contributed by atoms with van der Waals surface area (Å²) in [4.78, 5) is 28.2. The molecule has 2 amide bonds. The van der Waals surface area contributed by atoms with Gasteiger partial charge in [0.05, 0.1) is 35.5 Å². The van der Waals surface area contributed by atoms with E-state index in [-0.39, 0.29) is 31.4 Å². The van der Waals surface area contributed by atoms with Gasteiger partial charge in [0.25, 0.3) is 0 Å². The van der Waals surface area contributed by atoms with Gasteiger partial charge in [0, 0.05) is 18.0 Å². The molecule has 0 unspecified atom stereocenters. The molecule has 0 radical (unpaired) electrons. The molecule has 0 spiro atoms. The molecule has 4 rings (SSSR count). The number of amides is 2. The number of rotatable bonds is 7. The number of thiazole rings is 1. The van der Waals surface area contributed by atoms with Crippen LogP contribution in [-0.2, 0) is 16.0 Å². The molecule has 0 saturated carbocycles. The van der Waals surface area contributed by atoms with Crippen LogP contribution in [0.15, 0.2) is 60.9 Å². The molecule has 30 heavy (non-hydrogen) atoms. The van der Waals surface area contributed by atoms with E-state index in [0.29, 0.717) is 5.01 Å². The number of nitrogens with two attached hydrogens (primary N) is 1. The smallest absolute Gasteiger partial charge is 0.240 e. The monoisotopic (exact) mass is 420 g/mol. The van der Waals surface area contributed by atoms with Crippen LogP contribution in [0, 0.1) is 0 Å². The maximum absolute atomic E-state index is 12.2. The third kappa shape index (κ3) is 4.37. The molecule has 2 aromatic carbocycles. The predicted molar refractivity (Wildman–Crippen MR) is 116 cm³/mol. The summed E-state index contributed by atoms with van der Waals surface area (Å²) in [5.41, 5.74) is 9.06. The van der Waals surface area contributed by atoms with E-state index in [2.05, 4.69) is 38.9 Å². The highest BCUT2D eigenvalue weighted by molar-refractivity contribution is 7.18. The van der Waals surface area contributed by atoms with Crippen molar-refractivity contribution in [2.75, 3.05) is 13.2 Å². The summed E-state index contributed by atoms with van der Waals surface area (Å²) in [7, 11) is 0. The largest absolute Gasteiger partial charge is 0.347 e. The van der Waals surface area contributed by atoms with Crippen molar-refractivity contribution in [2.45, 2.75) is 6.42 Å². The molecule has 152 valence electrons. The van der Waals surface area contributed by atoms with Crippen molar-refractivity contribution in [1.29, 1.82) is 0 Å². The lowest BCUT2D eigenvalue weighted by Crippen LogP contribution is -2.39. The van der Waals surface area contributed by atoms with Crippen molar-refractivity contribution in [2.24, 2.45) is 5.73 Å². The fourth-order valence-electron chi connectivity index (χ4n) is 3.09. The maximum Gasteiger partial charge on any atom is 0.240 e. The maximum atomic E-state index is 12.2. The van der Waals surface area contributed by atoms with Crippen LogP contribution in [0.25, 0.3) is 27.0 Å². The fraction of sp³-hybridized carbons (Fsp3) is 0.143. The van der Waals surface area contributed by atoms with Gasteiger partial charge < -0.3 is 16.4 Å². The molecular weight excluding hydrogens is 400 g/mol. The molecule has 0 bridgehead atoms. The van der Waals surface area contributed by atoms with Gasteiger partial charge >= 0.3 is 0 Å². The highest BCUT2D eigenvalue weighted by Crippen LogP contribution is 2.33. The van der Waals surface area contributed by atoms with E-state index in [1.54, 1.807) is 6.20 Å². The van der Waals surface area contributed by atoms with Crippen LogP contribution in [0.5, 0.6) is 0 Å². The van der Waals surface area contributed by atoms with E-state index >= 15 is 0 Å². The topological polar surface area (TPSA) is 115 Å². The number of carbonyl (C=O) groups is 2. The second kappa shape index (κ2) is 8.85. The van der Waals surface area contributed by atoms with Gasteiger partial charge in [-0.15, -0.1) is 11.3 Å². The van der Waals surface area contributed by atoms with Crippen LogP contribution < -0.4 is 16.4 Å². The van der Waals surface area contributed by atoms with Gasteiger partial charge in [-0.2, -0.15) is 5.10 Å². The molecule has 0 aliphatic carbocycles. The van der Waals surface area contributed by atoms with Crippen molar-refractivity contribution in [3.05, 3.63) is 65.9 Å². The molecule has 0 atom stereocenters. The van der Waals surface area contributed by atoms with E-state index in [9.17, 15) is 9.59 Å². The fourth-order valence-corrected chi connectivity index (χ4v) is 4.08. The Morgan fingerprint density at radius 3 is 2.63 bits per heavy atom. The van der Waals surface area contributed by atoms with Gasteiger partial charge in [-0.25, -0.2) is 9.67 Å². The summed E-state index contributed by atoms with van der Waals surface area (Å²) in [5.74, 6) is -0.594. The van der Waals surface area contributed by atoms with Crippen molar-refractivity contribution in [3.8, 4) is 16.8 Å². The molecule has 0 saturated heterocycles. The Kier molecular flexibility index (Phi) is 5.82. The third-order valence-corrected chi connectivity index (χ3v) is 5.46. The highest BCUT2D eigenvalue weighted by Gasteiger charge is 2.15. The summed E-state index contributed by atoms with van der Waals surface area (Å²) < 4.78 is 2.79. The molecule has 0 fully saturated rings. The quantitative estimate of drug-likeness (QED) is 0.395. The molecule has 8 nitrogen and oxygen atoms in total. The number of nitrogens with one attached hydrogen (secondary N) is 2. The molecule has 2 heterocycles. The highest BCUT2D eigenvalue weighted by atomic mass is 32.1.